The fourth-order valence-corrected chi connectivity index (χ4v) is 2.65. The normalized spacial score (nSPS) is 10.5. The molecule has 0 aliphatic rings. The van der Waals surface area contributed by atoms with Crippen molar-refractivity contribution in [3.63, 3.8) is 0 Å². The Bertz CT molecular complexity index is 872. The van der Waals surface area contributed by atoms with Gasteiger partial charge in [0.2, 0.25) is 0 Å². The quantitative estimate of drug-likeness (QED) is 0.660. The Hall–Kier alpha value is -3.08. The number of aromatic amines is 1. The van der Waals surface area contributed by atoms with E-state index in [0.29, 0.717) is 23.7 Å². The van der Waals surface area contributed by atoms with Crippen molar-refractivity contribution in [1.29, 1.82) is 0 Å². The Labute approximate surface area is 153 Å². The van der Waals surface area contributed by atoms with Crippen LogP contribution in [0.3, 0.4) is 0 Å². The molecular formula is C21H23N3O2. The molecule has 0 aliphatic carbocycles. The molecule has 0 bridgehead atoms. The molecule has 2 N–H and O–H groups in total. The summed E-state index contributed by atoms with van der Waals surface area (Å²) in [6.45, 7) is 4.52. The number of anilines is 1. The molecule has 3 aromatic rings. The van der Waals surface area contributed by atoms with Crippen LogP contribution in [-0.2, 0) is 13.0 Å². The van der Waals surface area contributed by atoms with Gasteiger partial charge in [0, 0.05) is 5.69 Å². The van der Waals surface area contributed by atoms with Gasteiger partial charge < -0.3 is 10.1 Å². The van der Waals surface area contributed by atoms with Crippen LogP contribution in [0.5, 0.6) is 5.75 Å². The monoisotopic (exact) mass is 349 g/mol. The summed E-state index contributed by atoms with van der Waals surface area (Å²) in [7, 11) is 0. The zero-order valence-corrected chi connectivity index (χ0v) is 15.1. The summed E-state index contributed by atoms with van der Waals surface area (Å²) in [5.41, 5.74) is 4.11. The number of ether oxygens (including phenoxy) is 1. The maximum Gasteiger partial charge on any atom is 0.276 e. The number of benzene rings is 2. The smallest absolute Gasteiger partial charge is 0.276 e. The second kappa shape index (κ2) is 8.34. The highest BCUT2D eigenvalue weighted by Gasteiger charge is 2.13. The molecule has 0 saturated heterocycles. The Balaban J connectivity index is 1.73. The van der Waals surface area contributed by atoms with Crippen LogP contribution in [0.15, 0.2) is 54.6 Å². The fourth-order valence-electron chi connectivity index (χ4n) is 2.65. The van der Waals surface area contributed by atoms with E-state index in [-0.39, 0.29) is 5.91 Å². The summed E-state index contributed by atoms with van der Waals surface area (Å²) in [5, 5.41) is 9.89. The van der Waals surface area contributed by atoms with Gasteiger partial charge in [-0.3, -0.25) is 9.89 Å². The van der Waals surface area contributed by atoms with Gasteiger partial charge in [-0.2, -0.15) is 5.10 Å². The van der Waals surface area contributed by atoms with Gasteiger partial charge in [-0.25, -0.2) is 0 Å². The maximum absolute atomic E-state index is 12.5. The van der Waals surface area contributed by atoms with E-state index < -0.39 is 0 Å². The van der Waals surface area contributed by atoms with E-state index in [1.54, 1.807) is 6.07 Å². The third kappa shape index (κ3) is 4.51. The van der Waals surface area contributed by atoms with Crippen molar-refractivity contribution in [2.45, 2.75) is 33.3 Å². The summed E-state index contributed by atoms with van der Waals surface area (Å²) in [4.78, 5) is 12.5. The van der Waals surface area contributed by atoms with E-state index in [4.69, 9.17) is 4.74 Å². The number of H-pyrrole nitrogens is 1. The first-order valence-electron chi connectivity index (χ1n) is 8.78. The summed E-state index contributed by atoms with van der Waals surface area (Å²) in [5.74, 6) is 0.392. The van der Waals surface area contributed by atoms with Crippen molar-refractivity contribution >= 4 is 11.6 Å². The van der Waals surface area contributed by atoms with Crippen LogP contribution in [0.25, 0.3) is 0 Å². The highest BCUT2D eigenvalue weighted by molar-refractivity contribution is 6.03. The van der Waals surface area contributed by atoms with Crippen molar-refractivity contribution in [3.8, 4) is 5.75 Å². The predicted octanol–water partition coefficient (Wildman–Crippen LogP) is 4.50. The lowest BCUT2D eigenvalue weighted by Gasteiger charge is -2.13. The highest BCUT2D eigenvalue weighted by atomic mass is 16.5. The summed E-state index contributed by atoms with van der Waals surface area (Å²) in [6.07, 6.45) is 1.87. The number of rotatable bonds is 7. The van der Waals surface area contributed by atoms with Gasteiger partial charge in [-0.15, -0.1) is 0 Å². The first-order chi connectivity index (χ1) is 12.7. The van der Waals surface area contributed by atoms with Crippen LogP contribution >= 0.6 is 0 Å². The standard InChI is InChI=1S/C21H23N3O2/c1-3-7-17-13-19(24-23-17)21(25)22-18-11-10-15(2)12-20(18)26-14-16-8-5-4-6-9-16/h4-6,8-13H,3,7,14H2,1-2H3,(H,22,25)(H,23,24). The average molecular weight is 349 g/mol. The minimum atomic E-state index is -0.253. The van der Waals surface area contributed by atoms with Gasteiger partial charge in [0.25, 0.3) is 5.91 Å². The van der Waals surface area contributed by atoms with Gasteiger partial charge in [-0.1, -0.05) is 49.7 Å². The van der Waals surface area contributed by atoms with Gasteiger partial charge in [0.15, 0.2) is 5.69 Å². The number of nitrogens with one attached hydrogen (secondary N) is 2. The lowest BCUT2D eigenvalue weighted by molar-refractivity contribution is 0.102. The summed E-state index contributed by atoms with van der Waals surface area (Å²) in [6, 6.07) is 17.4. The first kappa shape index (κ1) is 17.7. The second-order valence-corrected chi connectivity index (χ2v) is 6.26. The lowest BCUT2D eigenvalue weighted by atomic mass is 10.2. The molecule has 0 aliphatic heterocycles. The molecule has 0 fully saturated rings. The molecule has 5 nitrogen and oxygen atoms in total. The topological polar surface area (TPSA) is 67.0 Å². The Kier molecular flexibility index (Phi) is 5.69. The number of amides is 1. The van der Waals surface area contributed by atoms with Crippen molar-refractivity contribution in [2.24, 2.45) is 0 Å². The molecule has 1 amide bonds. The number of carbonyl (C=O) groups excluding carboxylic acids is 1. The molecule has 134 valence electrons. The van der Waals surface area contributed by atoms with Crippen LogP contribution in [-0.4, -0.2) is 16.1 Å². The molecule has 3 rings (SSSR count). The van der Waals surface area contributed by atoms with E-state index in [1.165, 1.54) is 0 Å². The molecule has 0 radical (unpaired) electrons. The zero-order valence-electron chi connectivity index (χ0n) is 15.1. The summed E-state index contributed by atoms with van der Waals surface area (Å²) < 4.78 is 5.94. The van der Waals surface area contributed by atoms with Crippen LogP contribution < -0.4 is 10.1 Å². The number of aryl methyl sites for hydroxylation is 2. The SMILES string of the molecule is CCCc1cc(C(=O)Nc2ccc(C)cc2OCc2ccccc2)n[nH]1. The van der Waals surface area contributed by atoms with Crippen molar-refractivity contribution in [2.75, 3.05) is 5.32 Å². The number of carbonyl (C=O) groups is 1. The molecule has 0 saturated carbocycles. The lowest BCUT2D eigenvalue weighted by Crippen LogP contribution is -2.13. The third-order valence-electron chi connectivity index (χ3n) is 4.01. The van der Waals surface area contributed by atoms with Crippen LogP contribution in [0.1, 0.15) is 40.7 Å². The molecule has 0 unspecified atom stereocenters. The van der Waals surface area contributed by atoms with E-state index in [2.05, 4.69) is 22.4 Å². The van der Waals surface area contributed by atoms with E-state index in [0.717, 1.165) is 29.7 Å². The molecule has 26 heavy (non-hydrogen) atoms. The Morgan fingerprint density at radius 1 is 1.15 bits per heavy atom. The fraction of sp³-hybridized carbons (Fsp3) is 0.238. The van der Waals surface area contributed by atoms with Crippen LogP contribution in [0.4, 0.5) is 5.69 Å². The highest BCUT2D eigenvalue weighted by Crippen LogP contribution is 2.27. The van der Waals surface area contributed by atoms with Crippen molar-refractivity contribution in [1.82, 2.24) is 10.2 Å². The van der Waals surface area contributed by atoms with Crippen molar-refractivity contribution in [3.05, 3.63) is 77.1 Å². The molecule has 0 spiro atoms. The molecular weight excluding hydrogens is 326 g/mol. The number of hydrogen-bond acceptors (Lipinski definition) is 3. The van der Waals surface area contributed by atoms with E-state index in [9.17, 15) is 4.79 Å². The molecule has 5 heteroatoms. The van der Waals surface area contributed by atoms with Crippen LogP contribution in [0, 0.1) is 6.92 Å². The number of hydrogen-bond donors (Lipinski definition) is 2. The van der Waals surface area contributed by atoms with Gasteiger partial charge in [-0.05, 0) is 42.7 Å². The molecule has 2 aromatic carbocycles. The minimum absolute atomic E-state index is 0.253. The minimum Gasteiger partial charge on any atom is -0.487 e. The maximum atomic E-state index is 12.5. The van der Waals surface area contributed by atoms with Crippen LogP contribution in [0.2, 0.25) is 0 Å². The van der Waals surface area contributed by atoms with E-state index >= 15 is 0 Å². The van der Waals surface area contributed by atoms with Gasteiger partial charge >= 0.3 is 0 Å². The first-order valence-corrected chi connectivity index (χ1v) is 8.78. The largest absolute Gasteiger partial charge is 0.487 e. The molecule has 1 heterocycles. The van der Waals surface area contributed by atoms with Gasteiger partial charge in [0.05, 0.1) is 5.69 Å². The molecule has 1 aromatic heterocycles. The third-order valence-corrected chi connectivity index (χ3v) is 4.01. The Morgan fingerprint density at radius 3 is 2.73 bits per heavy atom. The molecule has 0 atom stereocenters. The predicted molar refractivity (Wildman–Crippen MR) is 102 cm³/mol. The average Bonchev–Trinajstić information content (AvgIpc) is 3.12. The Morgan fingerprint density at radius 2 is 1.96 bits per heavy atom. The van der Waals surface area contributed by atoms with Gasteiger partial charge in [0.1, 0.15) is 12.4 Å². The van der Waals surface area contributed by atoms with Crippen molar-refractivity contribution < 1.29 is 9.53 Å². The van der Waals surface area contributed by atoms with E-state index in [1.807, 2.05) is 55.5 Å². The zero-order chi connectivity index (χ0) is 18.4. The summed E-state index contributed by atoms with van der Waals surface area (Å²) >= 11 is 0. The number of aromatic nitrogens is 2. The number of nitrogens with zero attached hydrogens (tertiary/aromatic N) is 1. The second-order valence-electron chi connectivity index (χ2n) is 6.26.